The summed E-state index contributed by atoms with van der Waals surface area (Å²) in [6.45, 7) is 0.697. The van der Waals surface area contributed by atoms with E-state index in [9.17, 15) is 4.79 Å². The van der Waals surface area contributed by atoms with Crippen molar-refractivity contribution in [2.75, 3.05) is 6.54 Å². The Balaban J connectivity index is 1.51. The van der Waals surface area contributed by atoms with E-state index in [1.54, 1.807) is 12.4 Å². The number of benzene rings is 1. The Labute approximate surface area is 135 Å². The van der Waals surface area contributed by atoms with Gasteiger partial charge in [-0.3, -0.25) is 9.78 Å². The van der Waals surface area contributed by atoms with E-state index >= 15 is 0 Å². The van der Waals surface area contributed by atoms with Crippen molar-refractivity contribution in [2.45, 2.75) is 31.1 Å². The highest BCUT2D eigenvalue weighted by atomic mass is 35.5. The maximum atomic E-state index is 12.0. The second kappa shape index (κ2) is 6.49. The smallest absolute Gasteiger partial charge is 0.220 e. The topological polar surface area (TPSA) is 42.0 Å². The molecule has 1 aliphatic rings. The fraction of sp³-hybridized carbons (Fsp3) is 0.333. The lowest BCUT2D eigenvalue weighted by atomic mass is 9.96. The van der Waals surface area contributed by atoms with Gasteiger partial charge in [-0.1, -0.05) is 23.7 Å². The molecular weight excluding hydrogens is 296 g/mol. The molecule has 3 rings (SSSR count). The number of amides is 1. The predicted molar refractivity (Wildman–Crippen MR) is 87.9 cm³/mol. The fourth-order valence-electron chi connectivity index (χ4n) is 2.70. The van der Waals surface area contributed by atoms with Gasteiger partial charge in [-0.2, -0.15) is 0 Å². The number of aromatic nitrogens is 1. The van der Waals surface area contributed by atoms with Crippen LogP contribution in [-0.4, -0.2) is 17.4 Å². The Bertz CT molecular complexity index is 653. The van der Waals surface area contributed by atoms with Crippen LogP contribution in [0.1, 0.15) is 30.4 Å². The zero-order valence-corrected chi connectivity index (χ0v) is 13.1. The first-order valence-electron chi connectivity index (χ1n) is 7.60. The standard InChI is InChI=1S/C18H19ClN2O/c19-16-3-1-2-15(12-16)18(8-9-18)13-21-17(22)5-4-14-6-10-20-11-7-14/h1-3,6-7,10-12H,4-5,8-9,13H2,(H,21,22). The van der Waals surface area contributed by atoms with Crippen molar-refractivity contribution < 1.29 is 4.79 Å². The van der Waals surface area contributed by atoms with Gasteiger partial charge in [-0.15, -0.1) is 0 Å². The molecule has 2 aromatic rings. The molecular formula is C18H19ClN2O. The number of carbonyl (C=O) groups is 1. The second-order valence-electron chi connectivity index (χ2n) is 5.92. The lowest BCUT2D eigenvalue weighted by Crippen LogP contribution is -2.32. The third-order valence-corrected chi connectivity index (χ3v) is 4.54. The minimum atomic E-state index is 0.0945. The molecule has 1 fully saturated rings. The van der Waals surface area contributed by atoms with E-state index < -0.39 is 0 Å². The minimum absolute atomic E-state index is 0.0945. The lowest BCUT2D eigenvalue weighted by Gasteiger charge is -2.17. The highest BCUT2D eigenvalue weighted by molar-refractivity contribution is 6.30. The molecule has 0 radical (unpaired) electrons. The normalized spacial score (nSPS) is 15.3. The van der Waals surface area contributed by atoms with Crippen molar-refractivity contribution in [3.63, 3.8) is 0 Å². The van der Waals surface area contributed by atoms with E-state index in [1.165, 1.54) is 5.56 Å². The summed E-state index contributed by atoms with van der Waals surface area (Å²) in [6.07, 6.45) is 6.99. The number of halogens is 1. The monoisotopic (exact) mass is 314 g/mol. The molecule has 1 heterocycles. The van der Waals surface area contributed by atoms with Gasteiger partial charge in [0.15, 0.2) is 0 Å². The average molecular weight is 315 g/mol. The summed E-state index contributed by atoms with van der Waals surface area (Å²) in [5.74, 6) is 0.102. The van der Waals surface area contributed by atoms with Crippen molar-refractivity contribution in [1.82, 2.24) is 10.3 Å². The highest BCUT2D eigenvalue weighted by Gasteiger charge is 2.44. The van der Waals surface area contributed by atoms with Gasteiger partial charge in [0.05, 0.1) is 0 Å². The van der Waals surface area contributed by atoms with Gasteiger partial charge in [0.2, 0.25) is 5.91 Å². The summed E-state index contributed by atoms with van der Waals surface area (Å²) in [7, 11) is 0. The summed E-state index contributed by atoms with van der Waals surface area (Å²) in [5, 5.41) is 3.83. The molecule has 1 N–H and O–H groups in total. The van der Waals surface area contributed by atoms with Crippen molar-refractivity contribution in [2.24, 2.45) is 0 Å². The van der Waals surface area contributed by atoms with Crippen LogP contribution >= 0.6 is 11.6 Å². The van der Waals surface area contributed by atoms with Crippen molar-refractivity contribution >= 4 is 17.5 Å². The van der Waals surface area contributed by atoms with Crippen LogP contribution in [0.2, 0.25) is 5.02 Å². The maximum Gasteiger partial charge on any atom is 0.220 e. The van der Waals surface area contributed by atoms with Gasteiger partial charge in [-0.05, 0) is 54.7 Å². The molecule has 1 aromatic carbocycles. The molecule has 22 heavy (non-hydrogen) atoms. The SMILES string of the molecule is O=C(CCc1ccncc1)NCC1(c2cccc(Cl)c2)CC1. The molecule has 114 valence electrons. The molecule has 0 unspecified atom stereocenters. The van der Waals surface area contributed by atoms with Gasteiger partial charge in [0.1, 0.15) is 0 Å². The Morgan fingerprint density at radius 2 is 2.00 bits per heavy atom. The number of nitrogens with one attached hydrogen (secondary N) is 1. The molecule has 1 saturated carbocycles. The lowest BCUT2D eigenvalue weighted by molar-refractivity contribution is -0.121. The first-order chi connectivity index (χ1) is 10.7. The van der Waals surface area contributed by atoms with E-state index in [0.29, 0.717) is 13.0 Å². The van der Waals surface area contributed by atoms with Crippen LogP contribution in [0.25, 0.3) is 0 Å². The third kappa shape index (κ3) is 3.66. The molecule has 0 saturated heterocycles. The van der Waals surface area contributed by atoms with E-state index in [1.807, 2.05) is 30.3 Å². The van der Waals surface area contributed by atoms with Crippen molar-refractivity contribution in [3.8, 4) is 0 Å². The number of aryl methyl sites for hydroxylation is 1. The van der Waals surface area contributed by atoms with Crippen LogP contribution < -0.4 is 5.32 Å². The summed E-state index contributed by atoms with van der Waals surface area (Å²) < 4.78 is 0. The zero-order valence-electron chi connectivity index (χ0n) is 12.4. The van der Waals surface area contributed by atoms with Gasteiger partial charge in [-0.25, -0.2) is 0 Å². The number of nitrogens with zero attached hydrogens (tertiary/aromatic N) is 1. The van der Waals surface area contributed by atoms with E-state index in [2.05, 4.69) is 16.4 Å². The van der Waals surface area contributed by atoms with Gasteiger partial charge >= 0.3 is 0 Å². The number of carbonyl (C=O) groups excluding carboxylic acids is 1. The molecule has 4 heteroatoms. The van der Waals surface area contributed by atoms with Gasteiger partial charge in [0.25, 0.3) is 0 Å². The Morgan fingerprint density at radius 1 is 1.23 bits per heavy atom. The van der Waals surface area contributed by atoms with Gasteiger partial charge in [0, 0.05) is 35.8 Å². The van der Waals surface area contributed by atoms with Gasteiger partial charge < -0.3 is 5.32 Å². The van der Waals surface area contributed by atoms with E-state index in [-0.39, 0.29) is 11.3 Å². The minimum Gasteiger partial charge on any atom is -0.355 e. The quantitative estimate of drug-likeness (QED) is 0.886. The second-order valence-corrected chi connectivity index (χ2v) is 6.36. The molecule has 1 amide bonds. The molecule has 0 aliphatic heterocycles. The summed E-state index contributed by atoms with van der Waals surface area (Å²) in [5.41, 5.74) is 2.47. The number of rotatable bonds is 6. The highest BCUT2D eigenvalue weighted by Crippen LogP contribution is 2.48. The fourth-order valence-corrected chi connectivity index (χ4v) is 2.89. The summed E-state index contributed by atoms with van der Waals surface area (Å²) >= 11 is 6.07. The first kappa shape index (κ1) is 15.0. The number of hydrogen-bond donors (Lipinski definition) is 1. The third-order valence-electron chi connectivity index (χ3n) is 4.30. The first-order valence-corrected chi connectivity index (χ1v) is 7.97. The van der Waals surface area contributed by atoms with E-state index in [4.69, 9.17) is 11.6 Å². The number of hydrogen-bond acceptors (Lipinski definition) is 2. The van der Waals surface area contributed by atoms with Crippen molar-refractivity contribution in [1.29, 1.82) is 0 Å². The Morgan fingerprint density at radius 3 is 2.68 bits per heavy atom. The Hall–Kier alpha value is -1.87. The van der Waals surface area contributed by atoms with E-state index in [0.717, 1.165) is 29.8 Å². The molecule has 1 aliphatic carbocycles. The summed E-state index contributed by atoms with van der Waals surface area (Å²) in [6, 6.07) is 11.9. The average Bonchev–Trinajstić information content (AvgIpc) is 3.33. The predicted octanol–water partition coefficient (Wildman–Crippen LogP) is 3.52. The van der Waals surface area contributed by atoms with Crippen LogP contribution in [0.5, 0.6) is 0 Å². The molecule has 0 atom stereocenters. The van der Waals surface area contributed by atoms with Crippen LogP contribution in [0.3, 0.4) is 0 Å². The Kier molecular flexibility index (Phi) is 4.44. The molecule has 3 nitrogen and oxygen atoms in total. The van der Waals surface area contributed by atoms with Crippen molar-refractivity contribution in [3.05, 3.63) is 64.9 Å². The largest absolute Gasteiger partial charge is 0.355 e. The molecule has 1 aromatic heterocycles. The summed E-state index contributed by atoms with van der Waals surface area (Å²) in [4.78, 5) is 16.0. The molecule has 0 spiro atoms. The maximum absolute atomic E-state index is 12.0. The number of pyridine rings is 1. The molecule has 0 bridgehead atoms. The zero-order chi connectivity index (χ0) is 15.4. The van der Waals surface area contributed by atoms with Crippen LogP contribution in [0.15, 0.2) is 48.8 Å². The van der Waals surface area contributed by atoms with Crippen LogP contribution in [-0.2, 0) is 16.6 Å². The van der Waals surface area contributed by atoms with Crippen LogP contribution in [0.4, 0.5) is 0 Å². The van der Waals surface area contributed by atoms with Crippen LogP contribution in [0, 0.1) is 0 Å².